The Hall–Kier alpha value is -2.42. The summed E-state index contributed by atoms with van der Waals surface area (Å²) < 4.78 is 52.5. The van der Waals surface area contributed by atoms with E-state index in [1.807, 2.05) is 0 Å². The van der Waals surface area contributed by atoms with Crippen molar-refractivity contribution in [1.82, 2.24) is 9.97 Å². The zero-order chi connectivity index (χ0) is 18.6. The summed E-state index contributed by atoms with van der Waals surface area (Å²) in [6.07, 6.45) is -4.68. The Morgan fingerprint density at radius 2 is 1.88 bits per heavy atom. The molecule has 2 aromatic rings. The van der Waals surface area contributed by atoms with E-state index in [4.69, 9.17) is 0 Å². The maximum atomic E-state index is 13.2. The minimum atomic E-state index is -4.68. The number of anilines is 3. The second kappa shape index (κ2) is 7.64. The van der Waals surface area contributed by atoms with E-state index in [0.717, 1.165) is 12.1 Å². The van der Waals surface area contributed by atoms with Gasteiger partial charge in [-0.15, -0.1) is 0 Å². The molecule has 0 amide bonds. The number of alkyl halides is 3. The van der Waals surface area contributed by atoms with Crippen molar-refractivity contribution in [3.8, 4) is 0 Å². The zero-order valence-corrected chi connectivity index (χ0v) is 13.6. The normalized spacial score (nSPS) is 13.0. The van der Waals surface area contributed by atoms with Gasteiger partial charge in [0.25, 0.3) is 0 Å². The van der Waals surface area contributed by atoms with E-state index in [9.17, 15) is 22.7 Å². The van der Waals surface area contributed by atoms with Gasteiger partial charge in [0.2, 0.25) is 5.95 Å². The van der Waals surface area contributed by atoms with Gasteiger partial charge >= 0.3 is 6.18 Å². The van der Waals surface area contributed by atoms with E-state index in [2.05, 4.69) is 20.6 Å². The molecule has 136 valence electrons. The van der Waals surface area contributed by atoms with Crippen molar-refractivity contribution in [3.63, 3.8) is 0 Å². The number of benzene rings is 1. The van der Waals surface area contributed by atoms with Gasteiger partial charge in [-0.05, 0) is 24.1 Å². The van der Waals surface area contributed by atoms with Gasteiger partial charge in [-0.25, -0.2) is 9.37 Å². The molecule has 1 heterocycles. The van der Waals surface area contributed by atoms with E-state index in [-0.39, 0.29) is 30.0 Å². The molecule has 1 atom stereocenters. The molecule has 0 aliphatic carbocycles. The number of halogens is 4. The van der Waals surface area contributed by atoms with Gasteiger partial charge in [0.15, 0.2) is 5.69 Å². The first-order valence-corrected chi connectivity index (χ1v) is 7.55. The highest BCUT2D eigenvalue weighted by atomic mass is 19.4. The number of hydrogen-bond donors (Lipinski definition) is 3. The fourth-order valence-electron chi connectivity index (χ4n) is 2.02. The topological polar surface area (TPSA) is 70.1 Å². The van der Waals surface area contributed by atoms with Crippen LogP contribution in [0.3, 0.4) is 0 Å². The van der Waals surface area contributed by atoms with Crippen molar-refractivity contribution in [1.29, 1.82) is 0 Å². The van der Waals surface area contributed by atoms with Crippen LogP contribution in [0.15, 0.2) is 30.3 Å². The lowest BCUT2D eigenvalue weighted by Gasteiger charge is -2.21. The van der Waals surface area contributed by atoms with Crippen LogP contribution in [0, 0.1) is 11.7 Å². The summed E-state index contributed by atoms with van der Waals surface area (Å²) in [4.78, 5) is 7.44. The molecule has 0 saturated carbocycles. The SMILES string of the molecule is CC(C)[C@H](CO)Nc1nc(Nc2cccc(F)c2)cc(C(F)(F)F)n1. The number of aromatic nitrogens is 2. The predicted molar refractivity (Wildman–Crippen MR) is 86.1 cm³/mol. The first kappa shape index (κ1) is 18.9. The van der Waals surface area contributed by atoms with Crippen LogP contribution in [0.1, 0.15) is 19.5 Å². The van der Waals surface area contributed by atoms with Crippen LogP contribution in [0.5, 0.6) is 0 Å². The van der Waals surface area contributed by atoms with E-state index in [1.165, 1.54) is 18.2 Å². The molecule has 0 fully saturated rings. The lowest BCUT2D eigenvalue weighted by atomic mass is 10.1. The first-order valence-electron chi connectivity index (χ1n) is 7.55. The molecule has 25 heavy (non-hydrogen) atoms. The van der Waals surface area contributed by atoms with E-state index in [0.29, 0.717) is 0 Å². The van der Waals surface area contributed by atoms with Crippen LogP contribution < -0.4 is 10.6 Å². The molecule has 1 aromatic carbocycles. The Morgan fingerprint density at radius 3 is 2.44 bits per heavy atom. The molecule has 0 bridgehead atoms. The molecule has 0 saturated heterocycles. The third kappa shape index (κ3) is 5.28. The van der Waals surface area contributed by atoms with Gasteiger partial charge in [0, 0.05) is 11.8 Å². The highest BCUT2D eigenvalue weighted by Gasteiger charge is 2.34. The van der Waals surface area contributed by atoms with Crippen molar-refractivity contribution in [2.45, 2.75) is 26.1 Å². The number of aliphatic hydroxyl groups is 1. The molecule has 0 aliphatic rings. The fourth-order valence-corrected chi connectivity index (χ4v) is 2.02. The predicted octanol–water partition coefficient (Wildman–Crippen LogP) is 3.81. The quantitative estimate of drug-likeness (QED) is 0.685. The molecule has 9 heteroatoms. The minimum Gasteiger partial charge on any atom is -0.394 e. The van der Waals surface area contributed by atoms with Crippen molar-refractivity contribution >= 4 is 17.5 Å². The second-order valence-electron chi connectivity index (χ2n) is 5.77. The standard InChI is InChI=1S/C16H18F4N4O/c1-9(2)12(8-25)22-15-23-13(16(18,19)20)7-14(24-15)21-11-5-3-4-10(17)6-11/h3-7,9,12,25H,8H2,1-2H3,(H2,21,22,23,24)/t12-/m0/s1. The number of nitrogens with zero attached hydrogens (tertiary/aromatic N) is 2. The summed E-state index contributed by atoms with van der Waals surface area (Å²) in [5, 5.41) is 14.6. The average Bonchev–Trinajstić information content (AvgIpc) is 2.51. The number of rotatable bonds is 6. The van der Waals surface area contributed by atoms with Crippen molar-refractivity contribution in [2.75, 3.05) is 17.2 Å². The third-order valence-electron chi connectivity index (χ3n) is 3.43. The van der Waals surface area contributed by atoms with Gasteiger partial charge in [0.05, 0.1) is 12.6 Å². The smallest absolute Gasteiger partial charge is 0.394 e. The van der Waals surface area contributed by atoms with Crippen LogP contribution in [0.25, 0.3) is 0 Å². The van der Waals surface area contributed by atoms with Gasteiger partial charge in [0.1, 0.15) is 11.6 Å². The summed E-state index contributed by atoms with van der Waals surface area (Å²) in [7, 11) is 0. The molecule has 0 unspecified atom stereocenters. The number of hydrogen-bond acceptors (Lipinski definition) is 5. The molecule has 2 rings (SSSR count). The highest BCUT2D eigenvalue weighted by Crippen LogP contribution is 2.30. The summed E-state index contributed by atoms with van der Waals surface area (Å²) in [5.74, 6) is -1.01. The Morgan fingerprint density at radius 1 is 1.16 bits per heavy atom. The van der Waals surface area contributed by atoms with E-state index < -0.39 is 23.7 Å². The number of aliphatic hydroxyl groups excluding tert-OH is 1. The van der Waals surface area contributed by atoms with Crippen molar-refractivity contribution in [2.24, 2.45) is 5.92 Å². The zero-order valence-electron chi connectivity index (χ0n) is 13.6. The van der Waals surface area contributed by atoms with Crippen molar-refractivity contribution < 1.29 is 22.7 Å². The van der Waals surface area contributed by atoms with E-state index in [1.54, 1.807) is 13.8 Å². The van der Waals surface area contributed by atoms with Crippen LogP contribution in [0.2, 0.25) is 0 Å². The first-order chi connectivity index (χ1) is 11.7. The molecule has 5 nitrogen and oxygen atoms in total. The van der Waals surface area contributed by atoms with Gasteiger partial charge in [-0.2, -0.15) is 18.2 Å². The van der Waals surface area contributed by atoms with E-state index >= 15 is 0 Å². The fraction of sp³-hybridized carbons (Fsp3) is 0.375. The number of nitrogens with one attached hydrogen (secondary N) is 2. The molecular formula is C16H18F4N4O. The Balaban J connectivity index is 2.36. The Labute approximate surface area is 142 Å². The van der Waals surface area contributed by atoms with Crippen LogP contribution in [-0.2, 0) is 6.18 Å². The second-order valence-corrected chi connectivity index (χ2v) is 5.77. The average molecular weight is 358 g/mol. The molecular weight excluding hydrogens is 340 g/mol. The maximum Gasteiger partial charge on any atom is 0.433 e. The highest BCUT2D eigenvalue weighted by molar-refractivity contribution is 5.57. The third-order valence-corrected chi connectivity index (χ3v) is 3.43. The van der Waals surface area contributed by atoms with Crippen LogP contribution >= 0.6 is 0 Å². The monoisotopic (exact) mass is 358 g/mol. The summed E-state index contributed by atoms with van der Waals surface area (Å²) >= 11 is 0. The summed E-state index contributed by atoms with van der Waals surface area (Å²) in [5.41, 5.74) is -0.898. The Bertz CT molecular complexity index is 722. The molecule has 1 aromatic heterocycles. The lowest BCUT2D eigenvalue weighted by molar-refractivity contribution is -0.141. The lowest BCUT2D eigenvalue weighted by Crippen LogP contribution is -2.30. The Kier molecular flexibility index (Phi) is 5.78. The summed E-state index contributed by atoms with van der Waals surface area (Å²) in [6.45, 7) is 3.31. The molecule has 0 aliphatic heterocycles. The van der Waals surface area contributed by atoms with Crippen molar-refractivity contribution in [3.05, 3.63) is 41.8 Å². The largest absolute Gasteiger partial charge is 0.433 e. The summed E-state index contributed by atoms with van der Waals surface area (Å²) in [6, 6.07) is 5.49. The maximum absolute atomic E-state index is 13.2. The molecule has 3 N–H and O–H groups in total. The van der Waals surface area contributed by atoms with Crippen LogP contribution in [0.4, 0.5) is 35.0 Å². The van der Waals surface area contributed by atoms with Gasteiger partial charge < -0.3 is 15.7 Å². The van der Waals surface area contributed by atoms with Gasteiger partial charge in [-0.1, -0.05) is 19.9 Å². The van der Waals surface area contributed by atoms with Crippen LogP contribution in [-0.4, -0.2) is 27.7 Å². The molecule has 0 spiro atoms. The van der Waals surface area contributed by atoms with Gasteiger partial charge in [-0.3, -0.25) is 0 Å². The minimum absolute atomic E-state index is 0.0530. The molecule has 0 radical (unpaired) electrons.